The molecule has 2 aromatic heterocycles. The maximum absolute atomic E-state index is 11.8. The SMILES string of the molecule is Cc1occc1C(=O)NNC(=S)NC(=O)/C=C/c1cccs1. The number of thiocarbonyl (C=S) groups is 1. The number of amides is 2. The zero-order valence-electron chi connectivity index (χ0n) is 11.6. The highest BCUT2D eigenvalue weighted by molar-refractivity contribution is 7.80. The lowest BCUT2D eigenvalue weighted by molar-refractivity contribution is -0.115. The second-order valence-corrected chi connectivity index (χ2v) is 5.52. The van der Waals surface area contributed by atoms with E-state index in [2.05, 4.69) is 16.2 Å². The van der Waals surface area contributed by atoms with Crippen molar-refractivity contribution in [2.75, 3.05) is 0 Å². The summed E-state index contributed by atoms with van der Waals surface area (Å²) in [7, 11) is 0. The number of nitrogens with one attached hydrogen (secondary N) is 3. The number of thiophene rings is 1. The van der Waals surface area contributed by atoms with E-state index in [9.17, 15) is 9.59 Å². The molecule has 0 radical (unpaired) electrons. The van der Waals surface area contributed by atoms with Gasteiger partial charge in [-0.1, -0.05) is 6.07 Å². The Morgan fingerprint density at radius 2 is 2.14 bits per heavy atom. The van der Waals surface area contributed by atoms with Gasteiger partial charge in [-0.15, -0.1) is 11.3 Å². The summed E-state index contributed by atoms with van der Waals surface area (Å²) in [4.78, 5) is 24.4. The molecule has 22 heavy (non-hydrogen) atoms. The summed E-state index contributed by atoms with van der Waals surface area (Å²) in [5.74, 6) is -0.301. The molecule has 114 valence electrons. The molecule has 0 spiro atoms. The van der Waals surface area contributed by atoms with Gasteiger partial charge in [-0.25, -0.2) is 0 Å². The molecule has 8 heteroatoms. The predicted molar refractivity (Wildman–Crippen MR) is 88.1 cm³/mol. The topological polar surface area (TPSA) is 83.4 Å². The summed E-state index contributed by atoms with van der Waals surface area (Å²) >= 11 is 6.43. The van der Waals surface area contributed by atoms with Crippen molar-refractivity contribution in [3.8, 4) is 0 Å². The van der Waals surface area contributed by atoms with Crippen LogP contribution in [0.4, 0.5) is 0 Å². The summed E-state index contributed by atoms with van der Waals surface area (Å²) in [6.07, 6.45) is 4.46. The molecule has 0 aliphatic carbocycles. The molecule has 2 aromatic rings. The van der Waals surface area contributed by atoms with Crippen molar-refractivity contribution in [2.45, 2.75) is 6.92 Å². The first kappa shape index (κ1) is 15.9. The van der Waals surface area contributed by atoms with Gasteiger partial charge in [0.15, 0.2) is 5.11 Å². The quantitative estimate of drug-likeness (QED) is 0.454. The van der Waals surface area contributed by atoms with Crippen molar-refractivity contribution >= 4 is 46.6 Å². The van der Waals surface area contributed by atoms with Crippen LogP contribution in [0, 0.1) is 6.92 Å². The zero-order chi connectivity index (χ0) is 15.9. The standard InChI is InChI=1S/C14H13N3O3S2/c1-9-11(6-7-20-9)13(19)16-17-14(21)15-12(18)5-4-10-3-2-8-22-10/h2-8H,1H3,(H,16,19)(H2,15,17,18,21)/b5-4+. The molecule has 0 saturated heterocycles. The Hall–Kier alpha value is -2.45. The molecule has 0 unspecified atom stereocenters. The van der Waals surface area contributed by atoms with Gasteiger partial charge in [0.25, 0.3) is 5.91 Å². The Bertz CT molecular complexity index is 705. The van der Waals surface area contributed by atoms with Crippen LogP contribution in [0.3, 0.4) is 0 Å². The van der Waals surface area contributed by atoms with Crippen molar-refractivity contribution in [2.24, 2.45) is 0 Å². The second-order valence-electron chi connectivity index (χ2n) is 4.14. The van der Waals surface area contributed by atoms with Crippen molar-refractivity contribution in [3.05, 3.63) is 52.1 Å². The van der Waals surface area contributed by atoms with E-state index in [1.54, 1.807) is 13.0 Å². The third-order valence-corrected chi connectivity index (χ3v) is 3.61. The number of hydrazine groups is 1. The van der Waals surface area contributed by atoms with Crippen LogP contribution in [0.2, 0.25) is 0 Å². The van der Waals surface area contributed by atoms with Crippen LogP contribution in [-0.4, -0.2) is 16.9 Å². The van der Waals surface area contributed by atoms with E-state index in [4.69, 9.17) is 16.6 Å². The number of carbonyl (C=O) groups excluding carboxylic acids is 2. The molecule has 0 atom stereocenters. The highest BCUT2D eigenvalue weighted by Crippen LogP contribution is 2.09. The average molecular weight is 335 g/mol. The molecule has 0 aromatic carbocycles. The van der Waals surface area contributed by atoms with E-state index in [1.165, 1.54) is 29.7 Å². The molecular formula is C14H13N3O3S2. The zero-order valence-corrected chi connectivity index (χ0v) is 13.2. The minimum Gasteiger partial charge on any atom is -0.469 e. The molecule has 6 nitrogen and oxygen atoms in total. The van der Waals surface area contributed by atoms with E-state index in [0.29, 0.717) is 11.3 Å². The van der Waals surface area contributed by atoms with Gasteiger partial charge in [0.05, 0.1) is 11.8 Å². The van der Waals surface area contributed by atoms with E-state index < -0.39 is 5.91 Å². The molecule has 3 N–H and O–H groups in total. The van der Waals surface area contributed by atoms with Crippen LogP contribution >= 0.6 is 23.6 Å². The van der Waals surface area contributed by atoms with Gasteiger partial charge in [0.2, 0.25) is 5.91 Å². The summed E-state index contributed by atoms with van der Waals surface area (Å²) in [5, 5.41) is 4.33. The van der Waals surface area contributed by atoms with Crippen molar-refractivity contribution in [1.29, 1.82) is 0 Å². The second kappa shape index (κ2) is 7.53. The van der Waals surface area contributed by atoms with Gasteiger partial charge in [-0.3, -0.25) is 25.8 Å². The summed E-state index contributed by atoms with van der Waals surface area (Å²) in [6, 6.07) is 5.32. The monoisotopic (exact) mass is 335 g/mol. The fourth-order valence-corrected chi connectivity index (χ4v) is 2.30. The molecular weight excluding hydrogens is 322 g/mol. The van der Waals surface area contributed by atoms with E-state index in [1.807, 2.05) is 17.5 Å². The van der Waals surface area contributed by atoms with Crippen molar-refractivity contribution < 1.29 is 14.0 Å². The van der Waals surface area contributed by atoms with Gasteiger partial charge in [0, 0.05) is 11.0 Å². The highest BCUT2D eigenvalue weighted by Gasteiger charge is 2.11. The third-order valence-electron chi connectivity index (χ3n) is 2.57. The lowest BCUT2D eigenvalue weighted by atomic mass is 10.2. The molecule has 0 bridgehead atoms. The Labute approximate surface area is 136 Å². The molecule has 0 aliphatic rings. The maximum Gasteiger partial charge on any atom is 0.273 e. The minimum absolute atomic E-state index is 0.00433. The van der Waals surface area contributed by atoms with Crippen LogP contribution in [0.1, 0.15) is 21.0 Å². The van der Waals surface area contributed by atoms with Crippen LogP contribution in [0.15, 0.2) is 40.3 Å². The first-order valence-corrected chi connectivity index (χ1v) is 7.52. The number of hydrogen-bond acceptors (Lipinski definition) is 5. The van der Waals surface area contributed by atoms with Gasteiger partial charge in [0.1, 0.15) is 5.76 Å². The lowest BCUT2D eigenvalue weighted by Gasteiger charge is -2.09. The van der Waals surface area contributed by atoms with Gasteiger partial charge in [-0.2, -0.15) is 0 Å². The van der Waals surface area contributed by atoms with Gasteiger partial charge < -0.3 is 4.42 Å². The Balaban J connectivity index is 1.77. The predicted octanol–water partition coefficient (Wildman–Crippen LogP) is 2.00. The van der Waals surface area contributed by atoms with E-state index in [-0.39, 0.29) is 11.0 Å². The Kier molecular flexibility index (Phi) is 5.45. The number of hydrogen-bond donors (Lipinski definition) is 3. The van der Waals surface area contributed by atoms with Gasteiger partial charge in [-0.05, 0) is 42.7 Å². The average Bonchev–Trinajstić information content (AvgIpc) is 3.14. The molecule has 0 fully saturated rings. The normalized spacial score (nSPS) is 10.4. The van der Waals surface area contributed by atoms with Crippen LogP contribution in [-0.2, 0) is 4.79 Å². The van der Waals surface area contributed by atoms with Crippen LogP contribution in [0.5, 0.6) is 0 Å². The first-order chi connectivity index (χ1) is 10.6. The Morgan fingerprint density at radius 3 is 2.77 bits per heavy atom. The fourth-order valence-electron chi connectivity index (χ4n) is 1.53. The number of rotatable bonds is 3. The smallest absolute Gasteiger partial charge is 0.273 e. The molecule has 0 saturated carbocycles. The third kappa shape index (κ3) is 4.54. The fraction of sp³-hybridized carbons (Fsp3) is 0.0714. The maximum atomic E-state index is 11.8. The van der Waals surface area contributed by atoms with Gasteiger partial charge >= 0.3 is 0 Å². The molecule has 2 rings (SSSR count). The summed E-state index contributed by atoms with van der Waals surface area (Å²) in [5.41, 5.74) is 5.21. The number of furan rings is 1. The van der Waals surface area contributed by atoms with Crippen molar-refractivity contribution in [3.63, 3.8) is 0 Å². The lowest BCUT2D eigenvalue weighted by Crippen LogP contribution is -2.48. The van der Waals surface area contributed by atoms with Crippen molar-refractivity contribution in [1.82, 2.24) is 16.2 Å². The van der Waals surface area contributed by atoms with E-state index in [0.717, 1.165) is 4.88 Å². The van der Waals surface area contributed by atoms with Crippen LogP contribution < -0.4 is 16.2 Å². The largest absolute Gasteiger partial charge is 0.469 e. The summed E-state index contributed by atoms with van der Waals surface area (Å²) in [6.45, 7) is 1.67. The van der Waals surface area contributed by atoms with E-state index >= 15 is 0 Å². The molecule has 2 heterocycles. The first-order valence-electron chi connectivity index (χ1n) is 6.23. The number of carbonyl (C=O) groups is 2. The Morgan fingerprint density at radius 1 is 1.32 bits per heavy atom. The number of aryl methyl sites for hydroxylation is 1. The molecule has 0 aliphatic heterocycles. The summed E-state index contributed by atoms with van der Waals surface area (Å²) < 4.78 is 5.02. The highest BCUT2D eigenvalue weighted by atomic mass is 32.1. The van der Waals surface area contributed by atoms with Crippen LogP contribution in [0.25, 0.3) is 6.08 Å². The molecule has 2 amide bonds. The minimum atomic E-state index is -0.406.